The second kappa shape index (κ2) is 12.2. The summed E-state index contributed by atoms with van der Waals surface area (Å²) in [4.78, 5) is 26.9. The third kappa shape index (κ3) is 5.59. The number of aryl methyl sites for hydroxylation is 1. The summed E-state index contributed by atoms with van der Waals surface area (Å²) < 4.78 is 47.7. The Kier molecular flexibility index (Phi) is 8.36. The van der Waals surface area contributed by atoms with Gasteiger partial charge in [0.2, 0.25) is 0 Å². The van der Waals surface area contributed by atoms with Crippen molar-refractivity contribution in [2.45, 2.75) is 25.7 Å². The zero-order chi connectivity index (χ0) is 31.6. The molecule has 0 aliphatic rings. The highest BCUT2D eigenvalue weighted by molar-refractivity contribution is 7.92. The third-order valence-corrected chi connectivity index (χ3v) is 9.11. The number of sulfonamides is 1. The van der Waals surface area contributed by atoms with Gasteiger partial charge in [-0.25, -0.2) is 27.2 Å². The summed E-state index contributed by atoms with van der Waals surface area (Å²) in [6.45, 7) is 4.53. The largest absolute Gasteiger partial charge is 0.315 e. The lowest BCUT2D eigenvalue weighted by Crippen LogP contribution is -2.42. The van der Waals surface area contributed by atoms with E-state index in [9.17, 15) is 22.4 Å². The lowest BCUT2D eigenvalue weighted by Gasteiger charge is -2.22. The summed E-state index contributed by atoms with van der Waals surface area (Å²) in [5, 5.41) is 4.05. The predicted molar refractivity (Wildman–Crippen MR) is 168 cm³/mol. The number of amides is 1. The van der Waals surface area contributed by atoms with Crippen molar-refractivity contribution in [1.82, 2.24) is 19.4 Å². The van der Waals surface area contributed by atoms with E-state index in [4.69, 9.17) is 0 Å². The van der Waals surface area contributed by atoms with Crippen LogP contribution in [0.15, 0.2) is 106 Å². The molecule has 10 nitrogen and oxygen atoms in total. The van der Waals surface area contributed by atoms with Crippen LogP contribution < -0.4 is 15.3 Å². The number of benzene rings is 3. The molecule has 0 atom stereocenters. The smallest absolute Gasteiger partial charge is 0.296 e. The molecule has 0 fully saturated rings. The SMILES string of the molecule is Cc1cc(/C=N/NC(=O)CN(c2c(C)n(C)n(-c3ccccc3)c2=O)S(=O)(=O)c2ccccc2)c(C)n1-c1ccccc1F. The summed E-state index contributed by atoms with van der Waals surface area (Å²) in [5.74, 6) is -1.15. The summed E-state index contributed by atoms with van der Waals surface area (Å²) in [7, 11) is -2.70. The molecule has 226 valence electrons. The van der Waals surface area contributed by atoms with E-state index in [1.54, 1.807) is 103 Å². The van der Waals surface area contributed by atoms with E-state index in [-0.39, 0.29) is 16.4 Å². The quantitative estimate of drug-likeness (QED) is 0.196. The molecule has 5 aromatic rings. The first-order valence-electron chi connectivity index (χ1n) is 13.7. The summed E-state index contributed by atoms with van der Waals surface area (Å²) in [6.07, 6.45) is 1.41. The number of hydrogen-bond donors (Lipinski definition) is 1. The maximum Gasteiger partial charge on any atom is 0.296 e. The molecule has 0 saturated carbocycles. The average Bonchev–Trinajstić information content (AvgIpc) is 3.41. The zero-order valence-electron chi connectivity index (χ0n) is 24.6. The Bertz CT molecular complexity index is 2030. The number of hydrazone groups is 1. The molecule has 0 spiro atoms. The standard InChI is InChI=1S/C32H31FN6O4S/c1-22-19-25(23(2)38(22)29-18-12-11-17-28(29)33)20-34-35-30(40)21-37(44(42,43)27-15-9-6-10-16-27)31-24(3)36(4)39(32(31)41)26-13-7-5-8-14-26/h5-20H,21H2,1-4H3,(H,35,40)/b34-20+. The number of carbonyl (C=O) groups is 1. The van der Waals surface area contributed by atoms with Crippen molar-refractivity contribution in [2.75, 3.05) is 10.8 Å². The fourth-order valence-corrected chi connectivity index (χ4v) is 6.60. The Morgan fingerprint density at radius 1 is 0.932 bits per heavy atom. The number of nitrogens with one attached hydrogen (secondary N) is 1. The van der Waals surface area contributed by atoms with E-state index in [2.05, 4.69) is 10.5 Å². The number of aromatic nitrogens is 3. The van der Waals surface area contributed by atoms with E-state index in [1.165, 1.54) is 29.1 Å². The number of nitrogens with zero attached hydrogens (tertiary/aromatic N) is 5. The fraction of sp³-hybridized carbons (Fsp3) is 0.156. The molecule has 5 rings (SSSR count). The number of hydrogen-bond acceptors (Lipinski definition) is 5. The molecule has 2 heterocycles. The fourth-order valence-electron chi connectivity index (χ4n) is 5.11. The normalized spacial score (nSPS) is 11.7. The Hall–Kier alpha value is -5.23. The van der Waals surface area contributed by atoms with Gasteiger partial charge in [-0.05, 0) is 63.2 Å². The predicted octanol–water partition coefficient (Wildman–Crippen LogP) is 4.38. The van der Waals surface area contributed by atoms with Crippen LogP contribution in [-0.2, 0) is 21.9 Å². The topological polar surface area (TPSA) is 111 Å². The first kappa shape index (κ1) is 30.2. The molecule has 0 unspecified atom stereocenters. The first-order chi connectivity index (χ1) is 21.0. The van der Waals surface area contributed by atoms with Gasteiger partial charge in [0.15, 0.2) is 0 Å². The van der Waals surface area contributed by atoms with Crippen molar-refractivity contribution in [3.05, 3.63) is 130 Å². The highest BCUT2D eigenvalue weighted by atomic mass is 32.2. The molecule has 2 aromatic heterocycles. The van der Waals surface area contributed by atoms with Gasteiger partial charge in [-0.1, -0.05) is 48.5 Å². The lowest BCUT2D eigenvalue weighted by molar-refractivity contribution is -0.119. The van der Waals surface area contributed by atoms with Crippen LogP contribution in [0.25, 0.3) is 11.4 Å². The number of carbonyl (C=O) groups excluding carboxylic acids is 1. The number of para-hydroxylation sites is 2. The van der Waals surface area contributed by atoms with Crippen LogP contribution in [0.2, 0.25) is 0 Å². The van der Waals surface area contributed by atoms with E-state index < -0.39 is 28.0 Å². The molecule has 0 saturated heterocycles. The summed E-state index contributed by atoms with van der Waals surface area (Å²) in [6, 6.07) is 24.6. The molecule has 1 amide bonds. The molecule has 0 aliphatic heterocycles. The van der Waals surface area contributed by atoms with Gasteiger partial charge >= 0.3 is 0 Å². The van der Waals surface area contributed by atoms with Gasteiger partial charge < -0.3 is 4.57 Å². The van der Waals surface area contributed by atoms with Crippen LogP contribution in [0.3, 0.4) is 0 Å². The first-order valence-corrected chi connectivity index (χ1v) is 15.1. The van der Waals surface area contributed by atoms with Crippen LogP contribution in [0.1, 0.15) is 22.6 Å². The van der Waals surface area contributed by atoms with Gasteiger partial charge in [0.05, 0.1) is 28.2 Å². The molecule has 0 radical (unpaired) electrons. The van der Waals surface area contributed by atoms with Crippen LogP contribution >= 0.6 is 0 Å². The second-order valence-electron chi connectivity index (χ2n) is 10.1. The van der Waals surface area contributed by atoms with Gasteiger partial charge in [-0.2, -0.15) is 5.10 Å². The Labute approximate surface area is 254 Å². The van der Waals surface area contributed by atoms with Crippen LogP contribution in [-0.4, -0.2) is 41.0 Å². The molecule has 0 aliphatic carbocycles. The van der Waals surface area contributed by atoms with Crippen LogP contribution in [0.5, 0.6) is 0 Å². The van der Waals surface area contributed by atoms with Crippen molar-refractivity contribution in [3.63, 3.8) is 0 Å². The molecule has 3 aromatic carbocycles. The third-order valence-electron chi connectivity index (χ3n) is 7.35. The highest BCUT2D eigenvalue weighted by Crippen LogP contribution is 2.26. The highest BCUT2D eigenvalue weighted by Gasteiger charge is 2.33. The molecule has 12 heteroatoms. The lowest BCUT2D eigenvalue weighted by atomic mass is 10.2. The number of rotatable bonds is 9. The van der Waals surface area contributed by atoms with Gasteiger partial charge in [0, 0.05) is 24.0 Å². The van der Waals surface area contributed by atoms with E-state index in [0.29, 0.717) is 28.3 Å². The van der Waals surface area contributed by atoms with Crippen molar-refractivity contribution in [3.8, 4) is 11.4 Å². The summed E-state index contributed by atoms with van der Waals surface area (Å²) >= 11 is 0. The van der Waals surface area contributed by atoms with Gasteiger partial charge in [-0.3, -0.25) is 14.3 Å². The van der Waals surface area contributed by atoms with Gasteiger partial charge in [-0.15, -0.1) is 0 Å². The van der Waals surface area contributed by atoms with Gasteiger partial charge in [0.25, 0.3) is 21.5 Å². The second-order valence-corrected chi connectivity index (χ2v) is 12.0. The number of halogens is 1. The van der Waals surface area contributed by atoms with Crippen molar-refractivity contribution in [1.29, 1.82) is 0 Å². The maximum atomic E-state index is 14.5. The molecular formula is C32H31FN6O4S. The molecular weight excluding hydrogens is 583 g/mol. The van der Waals surface area contributed by atoms with Crippen molar-refractivity contribution < 1.29 is 17.6 Å². The van der Waals surface area contributed by atoms with Crippen molar-refractivity contribution >= 4 is 27.8 Å². The van der Waals surface area contributed by atoms with E-state index in [1.807, 2.05) is 6.92 Å². The van der Waals surface area contributed by atoms with E-state index in [0.717, 1.165) is 10.00 Å². The minimum atomic E-state index is -4.35. The van der Waals surface area contributed by atoms with Crippen LogP contribution in [0, 0.1) is 26.6 Å². The average molecular weight is 615 g/mol. The minimum Gasteiger partial charge on any atom is -0.315 e. The van der Waals surface area contributed by atoms with Crippen LogP contribution in [0.4, 0.5) is 10.1 Å². The zero-order valence-corrected chi connectivity index (χ0v) is 25.4. The maximum absolute atomic E-state index is 14.5. The van der Waals surface area contributed by atoms with Gasteiger partial charge in [0.1, 0.15) is 18.0 Å². The Morgan fingerprint density at radius 3 is 2.20 bits per heavy atom. The summed E-state index contributed by atoms with van der Waals surface area (Å²) in [5.41, 5.74) is 4.96. The number of anilines is 1. The molecule has 0 bridgehead atoms. The molecule has 1 N–H and O–H groups in total. The monoisotopic (exact) mass is 614 g/mol. The minimum absolute atomic E-state index is 0.0780. The van der Waals surface area contributed by atoms with E-state index >= 15 is 0 Å². The molecule has 44 heavy (non-hydrogen) atoms. The Morgan fingerprint density at radius 2 is 1.55 bits per heavy atom. The Balaban J connectivity index is 1.47. The van der Waals surface area contributed by atoms with Crippen molar-refractivity contribution in [2.24, 2.45) is 12.1 Å².